The Morgan fingerprint density at radius 1 is 1.40 bits per heavy atom. The highest BCUT2D eigenvalue weighted by Gasteiger charge is 2.31. The van der Waals surface area contributed by atoms with Crippen LogP contribution in [0.25, 0.3) is 0 Å². The Morgan fingerprint density at radius 2 is 2.07 bits per heavy atom. The summed E-state index contributed by atoms with van der Waals surface area (Å²) in [6.07, 6.45) is 5.36. The highest BCUT2D eigenvalue weighted by molar-refractivity contribution is 4.83. The van der Waals surface area contributed by atoms with Crippen molar-refractivity contribution in [3.8, 4) is 0 Å². The summed E-state index contributed by atoms with van der Waals surface area (Å²) in [5, 5.41) is 0. The Balaban J connectivity index is 2.13. The largest absolute Gasteiger partial charge is 0.378 e. The zero-order valence-corrected chi connectivity index (χ0v) is 10.3. The summed E-state index contributed by atoms with van der Waals surface area (Å²) < 4.78 is 5.55. The molecule has 0 saturated heterocycles. The molecule has 0 aromatic heterocycles. The van der Waals surface area contributed by atoms with Crippen LogP contribution in [0.3, 0.4) is 0 Å². The van der Waals surface area contributed by atoms with E-state index < -0.39 is 0 Å². The van der Waals surface area contributed by atoms with Gasteiger partial charge in [0, 0.05) is 12.6 Å². The summed E-state index contributed by atoms with van der Waals surface area (Å²) in [4.78, 5) is 0. The molecule has 0 amide bonds. The molecule has 0 aromatic carbocycles. The SMILES string of the molecule is CCOC1CC(CC(CC(C)C)NN)C1. The molecule has 1 unspecified atom stereocenters. The Labute approximate surface area is 93.7 Å². The van der Waals surface area contributed by atoms with Crippen molar-refractivity contribution in [3.05, 3.63) is 0 Å². The average molecular weight is 214 g/mol. The predicted molar refractivity (Wildman–Crippen MR) is 63.3 cm³/mol. The minimum absolute atomic E-state index is 0.484. The van der Waals surface area contributed by atoms with Gasteiger partial charge < -0.3 is 4.74 Å². The van der Waals surface area contributed by atoms with Gasteiger partial charge in [0.1, 0.15) is 0 Å². The summed E-state index contributed by atoms with van der Waals surface area (Å²) >= 11 is 0. The molecule has 3 nitrogen and oxygen atoms in total. The molecule has 1 aliphatic rings. The van der Waals surface area contributed by atoms with Crippen LogP contribution in [0.15, 0.2) is 0 Å². The third-order valence-electron chi connectivity index (χ3n) is 3.20. The molecule has 3 N–H and O–H groups in total. The summed E-state index contributed by atoms with van der Waals surface area (Å²) in [5.41, 5.74) is 2.94. The third kappa shape index (κ3) is 4.49. The van der Waals surface area contributed by atoms with Gasteiger partial charge in [0.2, 0.25) is 0 Å². The van der Waals surface area contributed by atoms with E-state index in [1.54, 1.807) is 0 Å². The summed E-state index contributed by atoms with van der Waals surface area (Å²) in [7, 11) is 0. The Bertz CT molecular complexity index is 167. The van der Waals surface area contributed by atoms with Gasteiger partial charge in [0.25, 0.3) is 0 Å². The minimum atomic E-state index is 0.484. The van der Waals surface area contributed by atoms with E-state index in [0.717, 1.165) is 12.5 Å². The first kappa shape index (κ1) is 12.9. The average Bonchev–Trinajstić information content (AvgIpc) is 2.12. The molecule has 0 aliphatic heterocycles. The van der Waals surface area contributed by atoms with E-state index in [9.17, 15) is 0 Å². The van der Waals surface area contributed by atoms with E-state index in [0.29, 0.717) is 18.1 Å². The molecular formula is C12H26N2O. The van der Waals surface area contributed by atoms with E-state index >= 15 is 0 Å². The van der Waals surface area contributed by atoms with Crippen LogP contribution in [-0.2, 0) is 4.74 Å². The molecule has 1 atom stereocenters. The Hall–Kier alpha value is -0.120. The number of rotatable bonds is 7. The van der Waals surface area contributed by atoms with Crippen LogP contribution in [0.4, 0.5) is 0 Å². The summed E-state index contributed by atoms with van der Waals surface area (Å²) in [5.74, 6) is 7.10. The molecule has 1 rings (SSSR count). The topological polar surface area (TPSA) is 47.3 Å². The fourth-order valence-electron chi connectivity index (χ4n) is 2.44. The van der Waals surface area contributed by atoms with Crippen LogP contribution in [0.2, 0.25) is 0 Å². The van der Waals surface area contributed by atoms with Crippen LogP contribution in [0.1, 0.15) is 46.5 Å². The molecule has 0 heterocycles. The van der Waals surface area contributed by atoms with Crippen molar-refractivity contribution < 1.29 is 4.74 Å². The van der Waals surface area contributed by atoms with Gasteiger partial charge in [-0.15, -0.1) is 0 Å². The molecule has 0 spiro atoms. The van der Waals surface area contributed by atoms with E-state index in [-0.39, 0.29) is 0 Å². The predicted octanol–water partition coefficient (Wildman–Crippen LogP) is 2.07. The molecule has 15 heavy (non-hydrogen) atoms. The third-order valence-corrected chi connectivity index (χ3v) is 3.20. The van der Waals surface area contributed by atoms with Gasteiger partial charge in [0.15, 0.2) is 0 Å². The first-order valence-corrected chi connectivity index (χ1v) is 6.23. The fraction of sp³-hybridized carbons (Fsp3) is 1.00. The number of nitrogens with two attached hydrogens (primary N) is 1. The standard InChI is InChI=1S/C12H26N2O/c1-4-15-12-7-10(8-12)6-11(14-13)5-9(2)3/h9-12,14H,4-8,13H2,1-3H3. The van der Waals surface area contributed by atoms with Crippen molar-refractivity contribution in [2.24, 2.45) is 17.7 Å². The number of hydrogen-bond donors (Lipinski definition) is 2. The Morgan fingerprint density at radius 3 is 2.53 bits per heavy atom. The van der Waals surface area contributed by atoms with Gasteiger partial charge >= 0.3 is 0 Å². The van der Waals surface area contributed by atoms with E-state index in [2.05, 4.69) is 26.2 Å². The van der Waals surface area contributed by atoms with Gasteiger partial charge in [-0.05, 0) is 44.4 Å². The van der Waals surface area contributed by atoms with Crippen molar-refractivity contribution in [2.75, 3.05) is 6.61 Å². The molecule has 1 saturated carbocycles. The van der Waals surface area contributed by atoms with Crippen LogP contribution in [-0.4, -0.2) is 18.8 Å². The molecule has 3 heteroatoms. The van der Waals surface area contributed by atoms with Crippen molar-refractivity contribution in [2.45, 2.75) is 58.6 Å². The number of ether oxygens (including phenoxy) is 1. The lowest BCUT2D eigenvalue weighted by atomic mass is 9.77. The smallest absolute Gasteiger partial charge is 0.0580 e. The maximum atomic E-state index is 5.56. The highest BCUT2D eigenvalue weighted by atomic mass is 16.5. The summed E-state index contributed by atoms with van der Waals surface area (Å²) in [6.45, 7) is 7.40. The van der Waals surface area contributed by atoms with E-state index in [1.807, 2.05) is 0 Å². The molecule has 90 valence electrons. The second-order valence-corrected chi connectivity index (χ2v) is 5.14. The molecule has 1 fully saturated rings. The van der Waals surface area contributed by atoms with Crippen molar-refractivity contribution >= 4 is 0 Å². The van der Waals surface area contributed by atoms with Crippen molar-refractivity contribution in [1.29, 1.82) is 0 Å². The van der Waals surface area contributed by atoms with Gasteiger partial charge in [-0.25, -0.2) is 0 Å². The van der Waals surface area contributed by atoms with E-state index in [1.165, 1.54) is 25.7 Å². The lowest BCUT2D eigenvalue weighted by molar-refractivity contribution is -0.0295. The molecule has 0 radical (unpaired) electrons. The zero-order chi connectivity index (χ0) is 11.3. The van der Waals surface area contributed by atoms with Gasteiger partial charge in [-0.1, -0.05) is 13.8 Å². The zero-order valence-electron chi connectivity index (χ0n) is 10.3. The number of nitrogens with one attached hydrogen (secondary N) is 1. The van der Waals surface area contributed by atoms with Crippen molar-refractivity contribution in [1.82, 2.24) is 5.43 Å². The normalized spacial score (nSPS) is 27.8. The summed E-state index contributed by atoms with van der Waals surface area (Å²) in [6, 6.07) is 0.484. The fourth-order valence-corrected chi connectivity index (χ4v) is 2.44. The molecule has 0 bridgehead atoms. The van der Waals surface area contributed by atoms with E-state index in [4.69, 9.17) is 10.6 Å². The number of hydrazine groups is 1. The quantitative estimate of drug-likeness (QED) is 0.504. The first-order chi connectivity index (χ1) is 7.15. The maximum Gasteiger partial charge on any atom is 0.0580 e. The van der Waals surface area contributed by atoms with Crippen LogP contribution in [0, 0.1) is 11.8 Å². The van der Waals surface area contributed by atoms with Crippen LogP contribution in [0.5, 0.6) is 0 Å². The van der Waals surface area contributed by atoms with Gasteiger partial charge in [0.05, 0.1) is 6.10 Å². The lowest BCUT2D eigenvalue weighted by Crippen LogP contribution is -2.41. The number of hydrogen-bond acceptors (Lipinski definition) is 3. The highest BCUT2D eigenvalue weighted by Crippen LogP contribution is 2.34. The minimum Gasteiger partial charge on any atom is -0.378 e. The lowest BCUT2D eigenvalue weighted by Gasteiger charge is -2.37. The van der Waals surface area contributed by atoms with Crippen LogP contribution >= 0.6 is 0 Å². The molecular weight excluding hydrogens is 188 g/mol. The maximum absolute atomic E-state index is 5.56. The first-order valence-electron chi connectivity index (χ1n) is 6.23. The van der Waals surface area contributed by atoms with Crippen LogP contribution < -0.4 is 11.3 Å². The van der Waals surface area contributed by atoms with Gasteiger partial charge in [-0.3, -0.25) is 11.3 Å². The van der Waals surface area contributed by atoms with Gasteiger partial charge in [-0.2, -0.15) is 0 Å². The second kappa shape index (κ2) is 6.46. The molecule has 0 aromatic rings. The second-order valence-electron chi connectivity index (χ2n) is 5.14. The monoisotopic (exact) mass is 214 g/mol. The Kier molecular flexibility index (Phi) is 5.58. The van der Waals surface area contributed by atoms with Crippen molar-refractivity contribution in [3.63, 3.8) is 0 Å². The molecule has 1 aliphatic carbocycles.